The standard InChI is InChI=1S/C10H13F3IN5/c1-3-16-5-6(8(15)10(11,12)13)4-7-9(14)18-19(2)17-7/h5,15-16H,3-4H2,1-2H3/b6-5-,15-8?. The van der Waals surface area contributed by atoms with Crippen molar-refractivity contribution in [2.24, 2.45) is 7.05 Å². The number of rotatable bonds is 5. The summed E-state index contributed by atoms with van der Waals surface area (Å²) in [6.45, 7) is 2.24. The SMILES string of the molecule is CCN/C=C(/Cc1nn(C)nc1I)C(=N)C(F)(F)F. The number of hydrogen-bond acceptors (Lipinski definition) is 4. The Morgan fingerprint density at radius 1 is 1.47 bits per heavy atom. The third kappa shape index (κ3) is 4.48. The lowest BCUT2D eigenvalue weighted by Crippen LogP contribution is -2.26. The minimum Gasteiger partial charge on any atom is -0.391 e. The normalized spacial score (nSPS) is 12.6. The molecular weight excluding hydrogens is 374 g/mol. The Hall–Kier alpha value is -1.13. The summed E-state index contributed by atoms with van der Waals surface area (Å²) in [5, 5.41) is 17.8. The van der Waals surface area contributed by atoms with E-state index in [0.717, 1.165) is 0 Å². The van der Waals surface area contributed by atoms with E-state index in [2.05, 4.69) is 15.5 Å². The number of hydrogen-bond donors (Lipinski definition) is 2. The van der Waals surface area contributed by atoms with Crippen LogP contribution in [0, 0.1) is 9.11 Å². The predicted molar refractivity (Wildman–Crippen MR) is 73.0 cm³/mol. The van der Waals surface area contributed by atoms with Gasteiger partial charge in [-0.15, -0.1) is 5.10 Å². The van der Waals surface area contributed by atoms with Gasteiger partial charge in [-0.05, 0) is 29.5 Å². The molecule has 0 radical (unpaired) electrons. The highest BCUT2D eigenvalue weighted by atomic mass is 127. The minimum absolute atomic E-state index is 0.0859. The summed E-state index contributed by atoms with van der Waals surface area (Å²) in [5.41, 5.74) is -1.11. The summed E-state index contributed by atoms with van der Waals surface area (Å²) >= 11 is 1.90. The lowest BCUT2D eigenvalue weighted by atomic mass is 10.1. The zero-order chi connectivity index (χ0) is 14.6. The van der Waals surface area contributed by atoms with E-state index in [0.29, 0.717) is 15.9 Å². The molecule has 9 heteroatoms. The Morgan fingerprint density at radius 2 is 2.11 bits per heavy atom. The Balaban J connectivity index is 3.00. The molecule has 1 aromatic rings. The third-order valence-corrected chi connectivity index (χ3v) is 3.02. The second kappa shape index (κ2) is 6.35. The van der Waals surface area contributed by atoms with Crippen molar-refractivity contribution in [3.8, 4) is 0 Å². The Kier molecular flexibility index (Phi) is 5.32. The van der Waals surface area contributed by atoms with Crippen LogP contribution < -0.4 is 5.32 Å². The first kappa shape index (κ1) is 15.9. The fourth-order valence-electron chi connectivity index (χ4n) is 1.33. The number of nitrogens with one attached hydrogen (secondary N) is 2. The average Bonchev–Trinajstić information content (AvgIpc) is 2.61. The Bertz CT molecular complexity index is 492. The third-order valence-electron chi connectivity index (χ3n) is 2.18. The van der Waals surface area contributed by atoms with E-state index in [4.69, 9.17) is 5.41 Å². The number of aromatic nitrogens is 3. The largest absolute Gasteiger partial charge is 0.432 e. The summed E-state index contributed by atoms with van der Waals surface area (Å²) in [6.07, 6.45) is -3.55. The van der Waals surface area contributed by atoms with Crippen molar-refractivity contribution in [1.29, 1.82) is 5.41 Å². The first-order valence-electron chi connectivity index (χ1n) is 5.40. The van der Waals surface area contributed by atoms with Gasteiger partial charge in [0.15, 0.2) is 0 Å². The van der Waals surface area contributed by atoms with Crippen molar-refractivity contribution < 1.29 is 13.2 Å². The van der Waals surface area contributed by atoms with E-state index in [1.165, 1.54) is 11.0 Å². The maximum Gasteiger partial charge on any atom is 0.432 e. The zero-order valence-corrected chi connectivity index (χ0v) is 12.5. The van der Waals surface area contributed by atoms with Gasteiger partial charge in [0.25, 0.3) is 0 Å². The van der Waals surface area contributed by atoms with Gasteiger partial charge in [-0.25, -0.2) is 0 Å². The molecule has 1 heterocycles. The lowest BCUT2D eigenvalue weighted by Gasteiger charge is -2.11. The smallest absolute Gasteiger partial charge is 0.391 e. The molecule has 0 aliphatic heterocycles. The van der Waals surface area contributed by atoms with E-state index >= 15 is 0 Å². The van der Waals surface area contributed by atoms with Crippen molar-refractivity contribution in [1.82, 2.24) is 20.3 Å². The van der Waals surface area contributed by atoms with Crippen LogP contribution in [0.3, 0.4) is 0 Å². The molecule has 0 saturated carbocycles. The van der Waals surface area contributed by atoms with E-state index in [-0.39, 0.29) is 12.0 Å². The van der Waals surface area contributed by atoms with Crippen LogP contribution in [0.5, 0.6) is 0 Å². The van der Waals surface area contributed by atoms with E-state index in [1.54, 1.807) is 14.0 Å². The molecule has 1 rings (SSSR count). The number of halogens is 4. The molecule has 106 valence electrons. The lowest BCUT2D eigenvalue weighted by molar-refractivity contribution is -0.0590. The first-order chi connectivity index (χ1) is 8.75. The van der Waals surface area contributed by atoms with Crippen LogP contribution in [-0.4, -0.2) is 33.4 Å². The van der Waals surface area contributed by atoms with E-state index in [9.17, 15) is 13.2 Å². The molecule has 0 fully saturated rings. The van der Waals surface area contributed by atoms with Crippen molar-refractivity contribution in [2.45, 2.75) is 19.5 Å². The van der Waals surface area contributed by atoms with Crippen LogP contribution >= 0.6 is 22.6 Å². The number of nitrogens with zero attached hydrogens (tertiary/aromatic N) is 3. The van der Waals surface area contributed by atoms with Crippen LogP contribution in [0.25, 0.3) is 0 Å². The Labute approximate surface area is 121 Å². The predicted octanol–water partition coefficient (Wildman–Crippen LogP) is 2.04. The van der Waals surface area contributed by atoms with Gasteiger partial charge in [0, 0.05) is 31.8 Å². The quantitative estimate of drug-likeness (QED) is 0.601. The van der Waals surface area contributed by atoms with Gasteiger partial charge in [-0.1, -0.05) is 0 Å². The van der Waals surface area contributed by atoms with Crippen molar-refractivity contribution >= 4 is 28.3 Å². The number of aryl methyl sites for hydroxylation is 1. The van der Waals surface area contributed by atoms with Crippen molar-refractivity contribution in [3.63, 3.8) is 0 Å². The molecule has 0 spiro atoms. The fraction of sp³-hybridized carbons (Fsp3) is 0.500. The summed E-state index contributed by atoms with van der Waals surface area (Å²) in [4.78, 5) is 1.29. The second-order valence-electron chi connectivity index (χ2n) is 3.70. The maximum absolute atomic E-state index is 12.6. The number of allylic oxidation sites excluding steroid dienone is 1. The summed E-state index contributed by atoms with van der Waals surface area (Å²) in [6, 6.07) is 0. The van der Waals surface area contributed by atoms with Crippen LogP contribution in [0.1, 0.15) is 12.6 Å². The Morgan fingerprint density at radius 3 is 2.53 bits per heavy atom. The van der Waals surface area contributed by atoms with Crippen LogP contribution in [0.15, 0.2) is 11.8 Å². The highest BCUT2D eigenvalue weighted by Gasteiger charge is 2.37. The molecule has 2 N–H and O–H groups in total. The molecule has 0 aliphatic rings. The van der Waals surface area contributed by atoms with Gasteiger partial charge in [0.1, 0.15) is 15.1 Å². The fourth-order valence-corrected chi connectivity index (χ4v) is 1.94. The summed E-state index contributed by atoms with van der Waals surface area (Å²) in [5.74, 6) is 0. The van der Waals surface area contributed by atoms with Crippen molar-refractivity contribution in [3.05, 3.63) is 21.2 Å². The second-order valence-corrected chi connectivity index (χ2v) is 4.73. The highest BCUT2D eigenvalue weighted by molar-refractivity contribution is 14.1. The highest BCUT2D eigenvalue weighted by Crippen LogP contribution is 2.23. The van der Waals surface area contributed by atoms with Gasteiger partial charge >= 0.3 is 6.18 Å². The molecule has 0 amide bonds. The monoisotopic (exact) mass is 387 g/mol. The van der Waals surface area contributed by atoms with Gasteiger partial charge in [-0.3, -0.25) is 5.41 Å². The molecular formula is C10H13F3IN5. The topological polar surface area (TPSA) is 66.6 Å². The molecule has 0 aliphatic carbocycles. The maximum atomic E-state index is 12.6. The molecule has 0 aromatic carbocycles. The summed E-state index contributed by atoms with van der Waals surface area (Å²) in [7, 11) is 1.59. The molecule has 0 bridgehead atoms. The van der Waals surface area contributed by atoms with Crippen LogP contribution in [0.4, 0.5) is 13.2 Å². The van der Waals surface area contributed by atoms with Gasteiger partial charge in [0.2, 0.25) is 0 Å². The minimum atomic E-state index is -4.67. The van der Waals surface area contributed by atoms with Gasteiger partial charge < -0.3 is 5.32 Å². The summed E-state index contributed by atoms with van der Waals surface area (Å²) < 4.78 is 38.3. The zero-order valence-electron chi connectivity index (χ0n) is 10.3. The molecule has 5 nitrogen and oxygen atoms in total. The number of alkyl halides is 3. The molecule has 0 unspecified atom stereocenters. The van der Waals surface area contributed by atoms with Crippen molar-refractivity contribution in [2.75, 3.05) is 6.54 Å². The first-order valence-corrected chi connectivity index (χ1v) is 6.47. The van der Waals surface area contributed by atoms with Crippen LogP contribution in [0.2, 0.25) is 0 Å². The van der Waals surface area contributed by atoms with E-state index in [1.807, 2.05) is 22.6 Å². The van der Waals surface area contributed by atoms with E-state index < -0.39 is 11.9 Å². The molecule has 0 atom stereocenters. The van der Waals surface area contributed by atoms with Crippen LogP contribution in [-0.2, 0) is 13.5 Å². The molecule has 1 aromatic heterocycles. The molecule has 19 heavy (non-hydrogen) atoms. The van der Waals surface area contributed by atoms with Gasteiger partial charge in [-0.2, -0.15) is 23.1 Å². The van der Waals surface area contributed by atoms with Gasteiger partial charge in [0.05, 0.1) is 0 Å². The average molecular weight is 387 g/mol. The molecule has 0 saturated heterocycles.